The zero-order valence-corrected chi connectivity index (χ0v) is 16.9. The number of rotatable bonds is 6. The average Bonchev–Trinajstić information content (AvgIpc) is 3.08. The van der Waals surface area contributed by atoms with Gasteiger partial charge in [-0.15, -0.1) is 0 Å². The van der Waals surface area contributed by atoms with E-state index in [4.69, 9.17) is 9.47 Å². The zero-order chi connectivity index (χ0) is 20.4. The van der Waals surface area contributed by atoms with Gasteiger partial charge in [-0.05, 0) is 35.2 Å². The van der Waals surface area contributed by atoms with Crippen molar-refractivity contribution in [1.82, 2.24) is 4.72 Å². The summed E-state index contributed by atoms with van der Waals surface area (Å²) in [7, 11) is -3.67. The Kier molecular flexibility index (Phi) is 5.62. The quantitative estimate of drug-likeness (QED) is 0.772. The van der Waals surface area contributed by atoms with Crippen LogP contribution >= 0.6 is 0 Å². The van der Waals surface area contributed by atoms with Crippen molar-refractivity contribution in [3.05, 3.63) is 48.0 Å². The van der Waals surface area contributed by atoms with Crippen LogP contribution in [-0.4, -0.2) is 27.7 Å². The van der Waals surface area contributed by atoms with E-state index in [1.807, 2.05) is 0 Å². The molecule has 7 nitrogen and oxygen atoms in total. The summed E-state index contributed by atoms with van der Waals surface area (Å²) >= 11 is 0. The Morgan fingerprint density at radius 2 is 1.71 bits per heavy atom. The van der Waals surface area contributed by atoms with Crippen LogP contribution in [0, 0.1) is 0 Å². The van der Waals surface area contributed by atoms with E-state index in [0.29, 0.717) is 17.2 Å². The van der Waals surface area contributed by atoms with Crippen molar-refractivity contribution in [3.63, 3.8) is 0 Å². The van der Waals surface area contributed by atoms with E-state index in [2.05, 4.69) is 30.8 Å². The molecule has 3 rings (SSSR count). The van der Waals surface area contributed by atoms with Crippen molar-refractivity contribution in [2.24, 2.45) is 0 Å². The van der Waals surface area contributed by atoms with Gasteiger partial charge in [-0.2, -0.15) is 0 Å². The van der Waals surface area contributed by atoms with Gasteiger partial charge in [0.2, 0.25) is 22.7 Å². The maximum atomic E-state index is 12.4. The van der Waals surface area contributed by atoms with Crippen molar-refractivity contribution in [2.45, 2.75) is 37.5 Å². The van der Waals surface area contributed by atoms with Crippen LogP contribution in [0.1, 0.15) is 32.8 Å². The Morgan fingerprint density at radius 3 is 2.39 bits per heavy atom. The molecule has 150 valence electrons. The first kappa shape index (κ1) is 20.2. The van der Waals surface area contributed by atoms with Gasteiger partial charge in [0.05, 0.1) is 4.90 Å². The number of anilines is 1. The SMILES string of the molecule is CC(C)(C)c1ccc(S(=O)(=O)NCCC(=O)Nc2ccc3c(c2)OCO3)cc1. The number of nitrogens with one attached hydrogen (secondary N) is 2. The number of hydrogen-bond acceptors (Lipinski definition) is 5. The summed E-state index contributed by atoms with van der Waals surface area (Å²) in [4.78, 5) is 12.2. The predicted molar refractivity (Wildman–Crippen MR) is 106 cm³/mol. The van der Waals surface area contributed by atoms with Gasteiger partial charge < -0.3 is 14.8 Å². The van der Waals surface area contributed by atoms with Crippen LogP contribution in [0.5, 0.6) is 11.5 Å². The number of hydrogen-bond donors (Lipinski definition) is 2. The molecular formula is C20H24N2O5S. The molecule has 28 heavy (non-hydrogen) atoms. The number of fused-ring (bicyclic) bond motifs is 1. The molecule has 0 atom stereocenters. The molecule has 1 aliphatic heterocycles. The fraction of sp³-hybridized carbons (Fsp3) is 0.350. The fourth-order valence-electron chi connectivity index (χ4n) is 2.71. The van der Waals surface area contributed by atoms with Gasteiger partial charge in [-0.3, -0.25) is 4.79 Å². The normalized spacial score (nSPS) is 13.4. The highest BCUT2D eigenvalue weighted by Crippen LogP contribution is 2.34. The largest absolute Gasteiger partial charge is 0.454 e. The molecule has 2 aromatic carbocycles. The van der Waals surface area contributed by atoms with Gasteiger partial charge in [-0.1, -0.05) is 32.9 Å². The van der Waals surface area contributed by atoms with Crippen molar-refractivity contribution < 1.29 is 22.7 Å². The fourth-order valence-corrected chi connectivity index (χ4v) is 3.75. The van der Waals surface area contributed by atoms with Gasteiger partial charge in [-0.25, -0.2) is 13.1 Å². The molecule has 1 heterocycles. The standard InChI is InChI=1S/C20H24N2O5S/c1-20(2,3)14-4-7-16(8-5-14)28(24,25)21-11-10-19(23)22-15-6-9-17-18(12-15)27-13-26-17/h4-9,12,21H,10-11,13H2,1-3H3,(H,22,23). The predicted octanol–water partition coefficient (Wildman–Crippen LogP) is 3.02. The van der Waals surface area contributed by atoms with Crippen LogP contribution in [0.3, 0.4) is 0 Å². The Balaban J connectivity index is 1.52. The second-order valence-electron chi connectivity index (χ2n) is 7.54. The summed E-state index contributed by atoms with van der Waals surface area (Å²) in [5.41, 5.74) is 1.56. The maximum Gasteiger partial charge on any atom is 0.240 e. The molecule has 8 heteroatoms. The summed E-state index contributed by atoms with van der Waals surface area (Å²) in [6.45, 7) is 6.35. The Hall–Kier alpha value is -2.58. The molecular weight excluding hydrogens is 380 g/mol. The zero-order valence-electron chi connectivity index (χ0n) is 16.1. The summed E-state index contributed by atoms with van der Waals surface area (Å²) < 4.78 is 37.7. The molecule has 0 fully saturated rings. The minimum atomic E-state index is -3.67. The summed E-state index contributed by atoms with van der Waals surface area (Å²) in [5.74, 6) is 0.894. The van der Waals surface area contributed by atoms with Gasteiger partial charge in [0.15, 0.2) is 11.5 Å². The van der Waals surface area contributed by atoms with Gasteiger partial charge >= 0.3 is 0 Å². The Morgan fingerprint density at radius 1 is 1.04 bits per heavy atom. The first-order valence-electron chi connectivity index (χ1n) is 8.95. The maximum absolute atomic E-state index is 12.4. The van der Waals surface area contributed by atoms with E-state index in [0.717, 1.165) is 5.56 Å². The molecule has 2 N–H and O–H groups in total. The van der Waals surface area contributed by atoms with Crippen molar-refractivity contribution >= 4 is 21.6 Å². The molecule has 0 aliphatic carbocycles. The molecule has 2 aromatic rings. The van der Waals surface area contributed by atoms with E-state index in [1.165, 1.54) is 0 Å². The van der Waals surface area contributed by atoms with Gasteiger partial charge in [0.1, 0.15) is 0 Å². The Labute approximate surface area is 165 Å². The number of amides is 1. The van der Waals surface area contributed by atoms with Crippen LogP contribution in [-0.2, 0) is 20.2 Å². The third kappa shape index (κ3) is 4.82. The number of carbonyl (C=O) groups is 1. The molecule has 0 spiro atoms. The molecule has 1 amide bonds. The van der Waals surface area contributed by atoms with Gasteiger partial charge in [0, 0.05) is 24.7 Å². The highest BCUT2D eigenvalue weighted by molar-refractivity contribution is 7.89. The monoisotopic (exact) mass is 404 g/mol. The lowest BCUT2D eigenvalue weighted by Gasteiger charge is -2.19. The van der Waals surface area contributed by atoms with Crippen LogP contribution in [0.25, 0.3) is 0 Å². The minimum Gasteiger partial charge on any atom is -0.454 e. The summed E-state index contributed by atoms with van der Waals surface area (Å²) in [6.07, 6.45) is 0.00769. The third-order valence-corrected chi connectivity index (χ3v) is 5.81. The molecule has 0 radical (unpaired) electrons. The van der Waals surface area contributed by atoms with Crippen LogP contribution in [0.4, 0.5) is 5.69 Å². The molecule has 0 saturated heterocycles. The molecule has 0 bridgehead atoms. The molecule has 0 unspecified atom stereocenters. The van der Waals surface area contributed by atoms with Crippen molar-refractivity contribution in [2.75, 3.05) is 18.7 Å². The summed E-state index contributed by atoms with van der Waals surface area (Å²) in [5, 5.41) is 2.71. The second kappa shape index (κ2) is 7.81. The third-order valence-electron chi connectivity index (χ3n) is 4.33. The van der Waals surface area contributed by atoms with Crippen LogP contribution < -0.4 is 19.5 Å². The van der Waals surface area contributed by atoms with Crippen LogP contribution in [0.15, 0.2) is 47.4 Å². The number of carbonyl (C=O) groups excluding carboxylic acids is 1. The van der Waals surface area contributed by atoms with Gasteiger partial charge in [0.25, 0.3) is 0 Å². The smallest absolute Gasteiger partial charge is 0.240 e. The van der Waals surface area contributed by atoms with E-state index in [9.17, 15) is 13.2 Å². The lowest BCUT2D eigenvalue weighted by Crippen LogP contribution is -2.28. The average molecular weight is 404 g/mol. The molecule has 1 aliphatic rings. The molecule has 0 saturated carbocycles. The van der Waals surface area contributed by atoms with Crippen molar-refractivity contribution in [1.29, 1.82) is 0 Å². The highest BCUT2D eigenvalue weighted by Gasteiger charge is 2.18. The topological polar surface area (TPSA) is 93.7 Å². The first-order chi connectivity index (χ1) is 13.1. The number of ether oxygens (including phenoxy) is 2. The van der Waals surface area contributed by atoms with Crippen molar-refractivity contribution in [3.8, 4) is 11.5 Å². The van der Waals surface area contributed by atoms with Crippen LogP contribution in [0.2, 0.25) is 0 Å². The van der Waals surface area contributed by atoms with E-state index in [-0.39, 0.29) is 36.0 Å². The highest BCUT2D eigenvalue weighted by atomic mass is 32.2. The lowest BCUT2D eigenvalue weighted by atomic mass is 9.87. The van der Waals surface area contributed by atoms with E-state index in [1.54, 1.807) is 42.5 Å². The van der Waals surface area contributed by atoms with E-state index >= 15 is 0 Å². The summed E-state index contributed by atoms with van der Waals surface area (Å²) in [6, 6.07) is 11.8. The second-order valence-corrected chi connectivity index (χ2v) is 9.31. The Bertz CT molecular complexity index is 963. The number of sulfonamides is 1. The molecule has 0 aromatic heterocycles. The first-order valence-corrected chi connectivity index (χ1v) is 10.4. The minimum absolute atomic E-state index is 0.000257. The number of benzene rings is 2. The van der Waals surface area contributed by atoms with E-state index < -0.39 is 10.0 Å². The lowest BCUT2D eigenvalue weighted by molar-refractivity contribution is -0.116.